The third-order valence-electron chi connectivity index (χ3n) is 3.26. The van der Waals surface area contributed by atoms with Crippen LogP contribution < -0.4 is 10.2 Å². The normalized spacial score (nSPS) is 21.2. The van der Waals surface area contributed by atoms with Crippen LogP contribution in [0.15, 0.2) is 0 Å². The number of hydrogen-bond acceptors (Lipinski definition) is 5. The second-order valence-corrected chi connectivity index (χ2v) is 5.72. The van der Waals surface area contributed by atoms with E-state index in [1.807, 2.05) is 7.05 Å². The van der Waals surface area contributed by atoms with Gasteiger partial charge in [-0.05, 0) is 26.3 Å². The fourth-order valence-corrected chi connectivity index (χ4v) is 3.18. The molecule has 1 aromatic heterocycles. The van der Waals surface area contributed by atoms with Crippen molar-refractivity contribution in [2.45, 2.75) is 45.1 Å². The fourth-order valence-electron chi connectivity index (χ4n) is 2.28. The second-order valence-electron chi connectivity index (χ2n) is 4.99. The van der Waals surface area contributed by atoms with Crippen molar-refractivity contribution >= 4 is 16.7 Å². The molecule has 96 valence electrons. The van der Waals surface area contributed by atoms with Gasteiger partial charge in [-0.1, -0.05) is 13.8 Å². The van der Waals surface area contributed by atoms with E-state index >= 15 is 0 Å². The SMILES string of the molecule is CNCC1CCCCN1c1nc(C(C)C)ns1. The Morgan fingerprint density at radius 2 is 2.29 bits per heavy atom. The van der Waals surface area contributed by atoms with Crippen molar-refractivity contribution in [1.82, 2.24) is 14.7 Å². The molecular weight excluding hydrogens is 232 g/mol. The zero-order valence-electron chi connectivity index (χ0n) is 10.9. The van der Waals surface area contributed by atoms with E-state index in [4.69, 9.17) is 0 Å². The van der Waals surface area contributed by atoms with E-state index in [0.29, 0.717) is 12.0 Å². The van der Waals surface area contributed by atoms with Crippen LogP contribution in [-0.2, 0) is 0 Å². The lowest BCUT2D eigenvalue weighted by atomic mass is 10.0. The smallest absolute Gasteiger partial charge is 0.205 e. The lowest BCUT2D eigenvalue weighted by molar-refractivity contribution is 0.445. The Hall–Kier alpha value is -0.680. The first kappa shape index (κ1) is 12.8. The largest absolute Gasteiger partial charge is 0.343 e. The van der Waals surface area contributed by atoms with Gasteiger partial charge in [-0.25, -0.2) is 4.98 Å². The number of likely N-dealkylation sites (N-methyl/N-ethyl adjacent to an activating group) is 1. The van der Waals surface area contributed by atoms with Gasteiger partial charge in [0.15, 0.2) is 0 Å². The summed E-state index contributed by atoms with van der Waals surface area (Å²) in [5.74, 6) is 1.41. The van der Waals surface area contributed by atoms with Crippen LogP contribution in [0.1, 0.15) is 44.9 Å². The van der Waals surface area contributed by atoms with E-state index < -0.39 is 0 Å². The van der Waals surface area contributed by atoms with Crippen molar-refractivity contribution in [3.63, 3.8) is 0 Å². The highest BCUT2D eigenvalue weighted by molar-refractivity contribution is 7.09. The molecule has 0 aromatic carbocycles. The summed E-state index contributed by atoms with van der Waals surface area (Å²) in [5.41, 5.74) is 0. The van der Waals surface area contributed by atoms with E-state index in [0.717, 1.165) is 24.0 Å². The van der Waals surface area contributed by atoms with Gasteiger partial charge in [0.25, 0.3) is 0 Å². The summed E-state index contributed by atoms with van der Waals surface area (Å²) < 4.78 is 4.45. The summed E-state index contributed by atoms with van der Waals surface area (Å²) in [4.78, 5) is 7.11. The van der Waals surface area contributed by atoms with Crippen molar-refractivity contribution in [3.8, 4) is 0 Å². The Bertz CT molecular complexity index is 348. The molecule has 1 N–H and O–H groups in total. The molecule has 5 heteroatoms. The maximum absolute atomic E-state index is 4.67. The maximum Gasteiger partial charge on any atom is 0.205 e. The number of anilines is 1. The number of hydrogen-bond donors (Lipinski definition) is 1. The number of aromatic nitrogens is 2. The second kappa shape index (κ2) is 5.78. The van der Waals surface area contributed by atoms with Crippen LogP contribution >= 0.6 is 11.5 Å². The molecule has 1 fully saturated rings. The number of nitrogens with zero attached hydrogens (tertiary/aromatic N) is 3. The van der Waals surface area contributed by atoms with Crippen molar-refractivity contribution in [1.29, 1.82) is 0 Å². The molecule has 1 aliphatic heterocycles. The predicted molar refractivity (Wildman–Crippen MR) is 72.9 cm³/mol. The van der Waals surface area contributed by atoms with Crippen LogP contribution in [-0.4, -0.2) is 35.5 Å². The van der Waals surface area contributed by atoms with Crippen LogP contribution in [0.3, 0.4) is 0 Å². The van der Waals surface area contributed by atoms with Gasteiger partial charge >= 0.3 is 0 Å². The molecule has 1 atom stereocenters. The molecule has 4 nitrogen and oxygen atoms in total. The lowest BCUT2D eigenvalue weighted by Gasteiger charge is -2.35. The number of nitrogens with one attached hydrogen (secondary N) is 1. The van der Waals surface area contributed by atoms with E-state index in [1.165, 1.54) is 19.3 Å². The minimum absolute atomic E-state index is 0.424. The minimum Gasteiger partial charge on any atom is -0.343 e. The van der Waals surface area contributed by atoms with E-state index in [9.17, 15) is 0 Å². The maximum atomic E-state index is 4.67. The van der Waals surface area contributed by atoms with Crippen molar-refractivity contribution in [3.05, 3.63) is 5.82 Å². The van der Waals surface area contributed by atoms with Crippen molar-refractivity contribution in [2.75, 3.05) is 25.0 Å². The van der Waals surface area contributed by atoms with E-state index in [-0.39, 0.29) is 0 Å². The molecule has 2 rings (SSSR count). The Morgan fingerprint density at radius 1 is 1.47 bits per heavy atom. The summed E-state index contributed by atoms with van der Waals surface area (Å²) in [6.07, 6.45) is 3.87. The van der Waals surface area contributed by atoms with Gasteiger partial charge in [0.1, 0.15) is 5.82 Å². The van der Waals surface area contributed by atoms with E-state index in [1.54, 1.807) is 11.5 Å². The standard InChI is InChI=1S/C12H22N4S/c1-9(2)11-14-12(17-15-11)16-7-5-4-6-10(16)8-13-3/h9-10,13H,4-8H2,1-3H3. The Balaban J connectivity index is 2.11. The minimum atomic E-state index is 0.424. The van der Waals surface area contributed by atoms with Crippen LogP contribution in [0, 0.1) is 0 Å². The molecular formula is C12H22N4S. The monoisotopic (exact) mass is 254 g/mol. The molecule has 1 saturated heterocycles. The van der Waals surface area contributed by atoms with Gasteiger partial charge in [0.05, 0.1) is 0 Å². The first-order valence-corrected chi connectivity index (χ1v) is 7.24. The van der Waals surface area contributed by atoms with Gasteiger partial charge in [-0.15, -0.1) is 0 Å². The Labute approximate surface area is 108 Å². The van der Waals surface area contributed by atoms with Gasteiger partial charge < -0.3 is 10.2 Å². The fraction of sp³-hybridized carbons (Fsp3) is 0.833. The lowest BCUT2D eigenvalue weighted by Crippen LogP contribution is -2.45. The molecule has 0 aliphatic carbocycles. The quantitative estimate of drug-likeness (QED) is 0.894. The Kier molecular flexibility index (Phi) is 4.34. The summed E-state index contributed by atoms with van der Waals surface area (Å²) in [5, 5.41) is 4.39. The summed E-state index contributed by atoms with van der Waals surface area (Å²) in [6.45, 7) is 6.45. The van der Waals surface area contributed by atoms with Crippen LogP contribution in [0.2, 0.25) is 0 Å². The highest BCUT2D eigenvalue weighted by atomic mass is 32.1. The molecule has 0 saturated carbocycles. The molecule has 0 amide bonds. The van der Waals surface area contributed by atoms with Crippen LogP contribution in [0.5, 0.6) is 0 Å². The van der Waals surface area contributed by atoms with Gasteiger partial charge in [-0.3, -0.25) is 0 Å². The molecule has 1 aromatic rings. The van der Waals surface area contributed by atoms with Crippen molar-refractivity contribution < 1.29 is 0 Å². The molecule has 0 spiro atoms. The molecule has 1 aliphatic rings. The third-order valence-corrected chi connectivity index (χ3v) is 4.03. The average molecular weight is 254 g/mol. The van der Waals surface area contributed by atoms with Gasteiger partial charge in [-0.2, -0.15) is 4.37 Å². The highest BCUT2D eigenvalue weighted by Gasteiger charge is 2.25. The zero-order valence-corrected chi connectivity index (χ0v) is 11.8. The third kappa shape index (κ3) is 2.96. The topological polar surface area (TPSA) is 41.0 Å². The van der Waals surface area contributed by atoms with Crippen molar-refractivity contribution in [2.24, 2.45) is 0 Å². The summed E-state index contributed by atoms with van der Waals surface area (Å²) in [6, 6.07) is 0.585. The average Bonchev–Trinajstić information content (AvgIpc) is 2.79. The molecule has 1 unspecified atom stereocenters. The molecule has 0 radical (unpaired) electrons. The van der Waals surface area contributed by atoms with Crippen LogP contribution in [0.25, 0.3) is 0 Å². The van der Waals surface area contributed by atoms with Crippen LogP contribution in [0.4, 0.5) is 5.13 Å². The molecule has 17 heavy (non-hydrogen) atoms. The van der Waals surface area contributed by atoms with Gasteiger partial charge in [0.2, 0.25) is 5.13 Å². The number of rotatable bonds is 4. The summed E-state index contributed by atoms with van der Waals surface area (Å²) in [7, 11) is 2.02. The molecule has 0 bridgehead atoms. The first-order chi connectivity index (χ1) is 8.22. The zero-order chi connectivity index (χ0) is 12.3. The first-order valence-electron chi connectivity index (χ1n) is 6.47. The van der Waals surface area contributed by atoms with E-state index in [2.05, 4.69) is 33.4 Å². The Morgan fingerprint density at radius 3 is 2.94 bits per heavy atom. The number of piperidine rings is 1. The molecule has 2 heterocycles. The summed E-state index contributed by atoms with van der Waals surface area (Å²) >= 11 is 1.55. The predicted octanol–water partition coefficient (Wildman–Crippen LogP) is 2.24. The highest BCUT2D eigenvalue weighted by Crippen LogP contribution is 2.27. The van der Waals surface area contributed by atoms with Gasteiger partial charge in [0, 0.05) is 36.6 Å².